The third-order valence-electron chi connectivity index (χ3n) is 5.99. The summed E-state index contributed by atoms with van der Waals surface area (Å²) in [7, 11) is 0. The first-order valence-electron chi connectivity index (χ1n) is 10.6. The highest BCUT2D eigenvalue weighted by atomic mass is 35.5. The molecule has 0 fully saturated rings. The van der Waals surface area contributed by atoms with Gasteiger partial charge in [0.05, 0.1) is 27.8 Å². The number of aryl methyl sites for hydroxylation is 2. The molecule has 0 aliphatic rings. The maximum atomic E-state index is 13.3. The lowest BCUT2D eigenvalue weighted by Gasteiger charge is -2.21. The van der Waals surface area contributed by atoms with Crippen molar-refractivity contribution >= 4 is 45.1 Å². The summed E-state index contributed by atoms with van der Waals surface area (Å²) in [5.74, 6) is -2.10. The van der Waals surface area contributed by atoms with Crippen molar-refractivity contribution in [1.82, 2.24) is 0 Å². The number of aromatic hydroxyl groups is 2. The maximum absolute atomic E-state index is 13.3. The second kappa shape index (κ2) is 8.48. The van der Waals surface area contributed by atoms with Crippen LogP contribution in [0.4, 0.5) is 0 Å². The molecule has 35 heavy (non-hydrogen) atoms. The van der Waals surface area contributed by atoms with Gasteiger partial charge in [0.25, 0.3) is 0 Å². The van der Waals surface area contributed by atoms with Gasteiger partial charge in [-0.3, -0.25) is 0 Å². The molecular weight excluding hydrogens is 491 g/mol. The molecule has 5 aromatic rings. The summed E-state index contributed by atoms with van der Waals surface area (Å²) in [6, 6.07) is 14.5. The molecule has 2 N–H and O–H groups in total. The van der Waals surface area contributed by atoms with Crippen LogP contribution in [-0.2, 0) is 0 Å². The Labute approximate surface area is 208 Å². The topological polar surface area (TPSA) is 101 Å². The number of benzene rings is 3. The lowest BCUT2D eigenvalue weighted by Crippen LogP contribution is -2.21. The van der Waals surface area contributed by atoms with Crippen molar-refractivity contribution in [1.29, 1.82) is 0 Å². The molecule has 0 spiro atoms. The molecule has 176 valence electrons. The molecule has 8 heteroatoms. The minimum absolute atomic E-state index is 0.119. The van der Waals surface area contributed by atoms with Crippen LogP contribution in [0.25, 0.3) is 21.9 Å². The monoisotopic (exact) mass is 508 g/mol. The Balaban J connectivity index is 1.92. The number of hydrogen-bond acceptors (Lipinski definition) is 6. The Bertz CT molecular complexity index is 1660. The van der Waals surface area contributed by atoms with Crippen LogP contribution in [0.15, 0.2) is 73.0 Å². The van der Waals surface area contributed by atoms with Gasteiger partial charge in [0.1, 0.15) is 22.7 Å². The summed E-state index contributed by atoms with van der Waals surface area (Å²) in [6.07, 6.45) is 0. The van der Waals surface area contributed by atoms with Crippen molar-refractivity contribution in [2.45, 2.75) is 19.8 Å². The molecule has 0 atom stereocenters. The molecule has 3 aromatic carbocycles. The third kappa shape index (κ3) is 3.85. The number of hydrogen-bond donors (Lipinski definition) is 2. The fourth-order valence-corrected chi connectivity index (χ4v) is 4.83. The van der Waals surface area contributed by atoms with Gasteiger partial charge in [-0.2, -0.15) is 0 Å². The van der Waals surface area contributed by atoms with Crippen LogP contribution in [0.5, 0.6) is 11.5 Å². The van der Waals surface area contributed by atoms with Gasteiger partial charge in [-0.05, 0) is 66.9 Å². The Hall–Kier alpha value is -3.74. The molecule has 0 radical (unpaired) electrons. The molecule has 0 saturated carbocycles. The largest absolute Gasteiger partial charge is 0.507 e. The van der Waals surface area contributed by atoms with Gasteiger partial charge < -0.3 is 19.0 Å². The summed E-state index contributed by atoms with van der Waals surface area (Å²) in [6.45, 7) is 3.64. The van der Waals surface area contributed by atoms with Crippen LogP contribution < -0.4 is 11.3 Å². The summed E-state index contributed by atoms with van der Waals surface area (Å²) in [5, 5.41) is 23.5. The zero-order chi connectivity index (χ0) is 25.0. The molecule has 0 saturated heterocycles. The van der Waals surface area contributed by atoms with Gasteiger partial charge in [-0.15, -0.1) is 0 Å². The van der Waals surface area contributed by atoms with Crippen LogP contribution in [0.1, 0.15) is 33.7 Å². The minimum atomic E-state index is -1.32. The van der Waals surface area contributed by atoms with Crippen molar-refractivity contribution in [3.05, 3.63) is 113 Å². The highest BCUT2D eigenvalue weighted by Crippen LogP contribution is 2.44. The van der Waals surface area contributed by atoms with Gasteiger partial charge in [-0.25, -0.2) is 9.59 Å². The molecule has 0 bridgehead atoms. The zero-order valence-electron chi connectivity index (χ0n) is 18.6. The van der Waals surface area contributed by atoms with E-state index in [0.29, 0.717) is 5.02 Å². The van der Waals surface area contributed by atoms with Gasteiger partial charge in [0.2, 0.25) is 0 Å². The number of fused-ring (bicyclic) bond motifs is 2. The average Bonchev–Trinajstić information content (AvgIpc) is 2.77. The molecule has 5 rings (SSSR count). The summed E-state index contributed by atoms with van der Waals surface area (Å²) < 4.78 is 11.1. The molecule has 0 aliphatic heterocycles. The first kappa shape index (κ1) is 23.0. The van der Waals surface area contributed by atoms with Crippen molar-refractivity contribution < 1.29 is 19.0 Å². The zero-order valence-corrected chi connectivity index (χ0v) is 20.1. The van der Waals surface area contributed by atoms with Crippen LogP contribution in [0.2, 0.25) is 10.0 Å². The van der Waals surface area contributed by atoms with Crippen LogP contribution >= 0.6 is 23.2 Å². The van der Waals surface area contributed by atoms with E-state index in [9.17, 15) is 19.8 Å². The van der Waals surface area contributed by atoms with Crippen LogP contribution in [0, 0.1) is 13.8 Å². The second-order valence-corrected chi connectivity index (χ2v) is 9.25. The summed E-state index contributed by atoms with van der Waals surface area (Å²) in [5.41, 5.74) is -0.0383. The van der Waals surface area contributed by atoms with Gasteiger partial charge in [-0.1, -0.05) is 41.4 Å². The summed E-state index contributed by atoms with van der Waals surface area (Å²) in [4.78, 5) is 26.5. The fraction of sp³-hybridized carbons (Fsp3) is 0.111. The van der Waals surface area contributed by atoms with E-state index < -0.39 is 28.7 Å². The van der Waals surface area contributed by atoms with Gasteiger partial charge >= 0.3 is 11.3 Å². The van der Waals surface area contributed by atoms with Crippen molar-refractivity contribution in [3.63, 3.8) is 0 Å². The Kier molecular flexibility index (Phi) is 5.58. The minimum Gasteiger partial charge on any atom is -0.507 e. The summed E-state index contributed by atoms with van der Waals surface area (Å²) >= 11 is 12.6. The molecule has 2 heterocycles. The first-order chi connectivity index (χ1) is 16.7. The van der Waals surface area contributed by atoms with E-state index in [-0.39, 0.29) is 43.7 Å². The first-order valence-corrected chi connectivity index (χ1v) is 11.4. The lowest BCUT2D eigenvalue weighted by atomic mass is 9.84. The smallest absolute Gasteiger partial charge is 0.344 e. The highest BCUT2D eigenvalue weighted by molar-refractivity contribution is 6.35. The number of rotatable bonds is 3. The van der Waals surface area contributed by atoms with Crippen molar-refractivity contribution in [3.8, 4) is 11.5 Å². The van der Waals surface area contributed by atoms with E-state index in [2.05, 4.69) is 0 Å². The van der Waals surface area contributed by atoms with E-state index in [1.54, 1.807) is 36.4 Å². The van der Waals surface area contributed by atoms with E-state index in [1.165, 1.54) is 18.2 Å². The number of halogens is 2. The molecule has 0 amide bonds. The fourth-order valence-electron chi connectivity index (χ4n) is 4.31. The Morgan fingerprint density at radius 1 is 0.714 bits per heavy atom. The third-order valence-corrected chi connectivity index (χ3v) is 6.55. The van der Waals surface area contributed by atoms with Crippen molar-refractivity contribution in [2.24, 2.45) is 0 Å². The lowest BCUT2D eigenvalue weighted by molar-refractivity contribution is 0.441. The van der Waals surface area contributed by atoms with E-state index in [4.69, 9.17) is 32.0 Å². The maximum Gasteiger partial charge on any atom is 0.344 e. The predicted octanol–water partition coefficient (Wildman–Crippen LogP) is 6.41. The normalized spacial score (nSPS) is 11.6. The van der Waals surface area contributed by atoms with Crippen LogP contribution in [-0.4, -0.2) is 10.2 Å². The highest BCUT2D eigenvalue weighted by Gasteiger charge is 2.33. The Morgan fingerprint density at radius 3 is 1.66 bits per heavy atom. The van der Waals surface area contributed by atoms with E-state index >= 15 is 0 Å². The van der Waals surface area contributed by atoms with Crippen molar-refractivity contribution in [2.75, 3.05) is 0 Å². The standard InChI is InChI=1S/C27H18Cl2O6/c1-12-3-6-16-19(9-12)34-26(32)22(24(16)30)21(15-8-5-14(28)11-18(15)29)23-25(31)17-7-4-13(2)10-20(17)35-27(23)33/h3-11,21,30-31H,1-2H3. The van der Waals surface area contributed by atoms with E-state index in [1.807, 2.05) is 13.8 Å². The van der Waals surface area contributed by atoms with Gasteiger partial charge in [0.15, 0.2) is 0 Å². The molecule has 0 aliphatic carbocycles. The molecule has 0 unspecified atom stereocenters. The second-order valence-electron chi connectivity index (χ2n) is 8.40. The predicted molar refractivity (Wildman–Crippen MR) is 135 cm³/mol. The molecule has 6 nitrogen and oxygen atoms in total. The quantitative estimate of drug-likeness (QED) is 0.273. The SMILES string of the molecule is Cc1ccc2c(O)c(C(c3ccc(Cl)cc3Cl)c3c(O)c4ccc(C)cc4oc3=O)c(=O)oc2c1. The molecule has 2 aromatic heterocycles. The van der Waals surface area contributed by atoms with E-state index in [0.717, 1.165) is 11.1 Å². The average molecular weight is 509 g/mol. The van der Waals surface area contributed by atoms with Gasteiger partial charge in [0, 0.05) is 10.0 Å². The van der Waals surface area contributed by atoms with Crippen LogP contribution in [0.3, 0.4) is 0 Å². The Morgan fingerprint density at radius 2 is 1.20 bits per heavy atom. The molecular formula is C27H18Cl2O6.